The normalized spacial score (nSPS) is 11.4. The van der Waals surface area contributed by atoms with Gasteiger partial charge in [-0.25, -0.2) is 0 Å². The van der Waals surface area contributed by atoms with E-state index < -0.39 is 11.9 Å². The highest BCUT2D eigenvalue weighted by atomic mass is 32.1. The summed E-state index contributed by atoms with van der Waals surface area (Å²) in [7, 11) is 1.30. The quantitative estimate of drug-likeness (QED) is 0.610. The van der Waals surface area contributed by atoms with E-state index in [9.17, 15) is 14.4 Å². The first-order valence-electron chi connectivity index (χ1n) is 9.21. The van der Waals surface area contributed by atoms with Crippen molar-refractivity contribution in [3.63, 3.8) is 0 Å². The topological polar surface area (TPSA) is 99.0 Å². The number of benzene rings is 2. The molecule has 156 valence electrons. The van der Waals surface area contributed by atoms with E-state index in [1.807, 2.05) is 6.92 Å². The Bertz CT molecular complexity index is 1160. The van der Waals surface area contributed by atoms with Crippen molar-refractivity contribution in [1.29, 1.82) is 0 Å². The van der Waals surface area contributed by atoms with Gasteiger partial charge in [0.05, 0.1) is 23.9 Å². The summed E-state index contributed by atoms with van der Waals surface area (Å²) in [6, 6.07) is 12.0. The smallest absolute Gasteiger partial charge is 0.325 e. The molecule has 1 N–H and O–H groups in total. The first kappa shape index (κ1) is 21.3. The molecular weight excluding hydrogens is 406 g/mol. The molecular formula is C21H21N3O5S. The Hall–Kier alpha value is -3.46. The van der Waals surface area contributed by atoms with Crippen molar-refractivity contribution in [3.05, 3.63) is 52.8 Å². The zero-order valence-corrected chi connectivity index (χ0v) is 17.6. The lowest BCUT2D eigenvalue weighted by atomic mass is 10.2. The summed E-state index contributed by atoms with van der Waals surface area (Å²) in [5, 5.41) is 2.72. The van der Waals surface area contributed by atoms with Gasteiger partial charge >= 0.3 is 5.97 Å². The molecule has 3 rings (SSSR count). The molecule has 2 amide bonds. The largest absolute Gasteiger partial charge is 0.494 e. The van der Waals surface area contributed by atoms with Crippen LogP contribution in [0.25, 0.3) is 10.2 Å². The number of rotatable bonds is 6. The average Bonchev–Trinajstić information content (AvgIpc) is 3.04. The lowest BCUT2D eigenvalue weighted by Crippen LogP contribution is -2.22. The Balaban J connectivity index is 2.04. The maximum Gasteiger partial charge on any atom is 0.325 e. The molecule has 0 atom stereocenters. The highest BCUT2D eigenvalue weighted by Crippen LogP contribution is 2.22. The van der Waals surface area contributed by atoms with Crippen LogP contribution >= 0.6 is 11.3 Å². The second-order valence-electron chi connectivity index (χ2n) is 6.28. The number of thiazole rings is 1. The Morgan fingerprint density at radius 3 is 2.50 bits per heavy atom. The molecule has 9 heteroatoms. The van der Waals surface area contributed by atoms with E-state index >= 15 is 0 Å². The third kappa shape index (κ3) is 4.93. The van der Waals surface area contributed by atoms with Gasteiger partial charge < -0.3 is 19.4 Å². The maximum atomic E-state index is 12.7. The van der Waals surface area contributed by atoms with Gasteiger partial charge in [0, 0.05) is 18.2 Å². The van der Waals surface area contributed by atoms with Crippen LogP contribution in [-0.2, 0) is 20.9 Å². The van der Waals surface area contributed by atoms with E-state index in [4.69, 9.17) is 9.47 Å². The number of amides is 2. The number of anilines is 1. The van der Waals surface area contributed by atoms with Gasteiger partial charge in [0.1, 0.15) is 12.3 Å². The van der Waals surface area contributed by atoms with Crippen LogP contribution < -0.4 is 14.9 Å². The second kappa shape index (κ2) is 9.36. The summed E-state index contributed by atoms with van der Waals surface area (Å²) in [5.41, 5.74) is 1.73. The summed E-state index contributed by atoms with van der Waals surface area (Å²) in [6.45, 7) is 3.75. The number of aromatic nitrogens is 1. The number of esters is 1. The minimum Gasteiger partial charge on any atom is -0.494 e. The van der Waals surface area contributed by atoms with Crippen LogP contribution in [0.1, 0.15) is 24.2 Å². The number of hydrogen-bond donors (Lipinski definition) is 1. The van der Waals surface area contributed by atoms with E-state index in [0.717, 1.165) is 4.70 Å². The Labute approximate surface area is 176 Å². The molecule has 3 aromatic rings. The summed E-state index contributed by atoms with van der Waals surface area (Å²) in [5.74, 6) is -0.424. The molecule has 0 bridgehead atoms. The van der Waals surface area contributed by atoms with Crippen LogP contribution in [0.15, 0.2) is 47.5 Å². The molecule has 0 aliphatic carbocycles. The molecule has 30 heavy (non-hydrogen) atoms. The summed E-state index contributed by atoms with van der Waals surface area (Å²) < 4.78 is 12.6. The van der Waals surface area contributed by atoms with Crippen molar-refractivity contribution in [2.45, 2.75) is 20.4 Å². The molecule has 0 saturated heterocycles. The van der Waals surface area contributed by atoms with Gasteiger partial charge in [0.15, 0.2) is 4.80 Å². The van der Waals surface area contributed by atoms with E-state index in [2.05, 4.69) is 10.3 Å². The van der Waals surface area contributed by atoms with Gasteiger partial charge in [0.2, 0.25) is 5.91 Å². The maximum absolute atomic E-state index is 12.7. The summed E-state index contributed by atoms with van der Waals surface area (Å²) >= 11 is 1.24. The number of fused-ring (bicyclic) bond motifs is 1. The molecule has 1 heterocycles. The van der Waals surface area contributed by atoms with Gasteiger partial charge in [-0.05, 0) is 49.4 Å². The van der Waals surface area contributed by atoms with Crippen molar-refractivity contribution in [2.24, 2.45) is 4.99 Å². The molecule has 0 aliphatic heterocycles. The molecule has 1 aromatic heterocycles. The predicted octanol–water partition coefficient (Wildman–Crippen LogP) is 2.97. The Morgan fingerprint density at radius 2 is 1.87 bits per heavy atom. The van der Waals surface area contributed by atoms with Crippen molar-refractivity contribution >= 4 is 45.0 Å². The SMILES string of the molecule is CCOc1ccc(C(=O)N=c2sc3cc(NC(C)=O)ccc3n2CC(=O)OC)cc1. The number of nitrogens with zero attached hydrogens (tertiary/aromatic N) is 2. The number of carbonyl (C=O) groups excluding carboxylic acids is 3. The van der Waals surface area contributed by atoms with E-state index in [1.54, 1.807) is 47.0 Å². The number of nitrogens with one attached hydrogen (secondary N) is 1. The summed E-state index contributed by atoms with van der Waals surface area (Å²) in [6.07, 6.45) is 0. The summed E-state index contributed by atoms with van der Waals surface area (Å²) in [4.78, 5) is 40.5. The predicted molar refractivity (Wildman–Crippen MR) is 114 cm³/mol. The fourth-order valence-electron chi connectivity index (χ4n) is 2.80. The third-order valence-corrected chi connectivity index (χ3v) is 5.17. The number of hydrogen-bond acceptors (Lipinski definition) is 6. The number of ether oxygens (including phenoxy) is 2. The molecule has 0 radical (unpaired) electrons. The van der Waals surface area contributed by atoms with Gasteiger partial charge in [-0.15, -0.1) is 0 Å². The third-order valence-electron chi connectivity index (χ3n) is 4.13. The van der Waals surface area contributed by atoms with Crippen LogP contribution in [0.4, 0.5) is 5.69 Å². The van der Waals surface area contributed by atoms with Crippen LogP contribution in [0.2, 0.25) is 0 Å². The van der Waals surface area contributed by atoms with Crippen molar-refractivity contribution in [2.75, 3.05) is 19.0 Å². The van der Waals surface area contributed by atoms with Crippen molar-refractivity contribution < 1.29 is 23.9 Å². The van der Waals surface area contributed by atoms with E-state index in [0.29, 0.717) is 33.9 Å². The van der Waals surface area contributed by atoms with Crippen LogP contribution in [0.3, 0.4) is 0 Å². The number of carbonyl (C=O) groups is 3. The van der Waals surface area contributed by atoms with Gasteiger partial charge in [-0.3, -0.25) is 14.4 Å². The van der Waals surface area contributed by atoms with Crippen LogP contribution in [0, 0.1) is 0 Å². The van der Waals surface area contributed by atoms with Crippen molar-refractivity contribution in [1.82, 2.24) is 4.57 Å². The fraction of sp³-hybridized carbons (Fsp3) is 0.238. The lowest BCUT2D eigenvalue weighted by molar-refractivity contribution is -0.141. The second-order valence-corrected chi connectivity index (χ2v) is 7.29. The zero-order valence-electron chi connectivity index (χ0n) is 16.8. The van der Waals surface area contributed by atoms with Crippen LogP contribution in [-0.4, -0.2) is 36.1 Å². The molecule has 0 spiro atoms. The zero-order chi connectivity index (χ0) is 21.7. The molecule has 0 fully saturated rings. The minimum atomic E-state index is -0.462. The molecule has 0 unspecified atom stereocenters. The Kier molecular flexibility index (Phi) is 6.63. The van der Waals surface area contributed by atoms with E-state index in [-0.39, 0.29) is 12.5 Å². The fourth-order valence-corrected chi connectivity index (χ4v) is 3.86. The van der Waals surface area contributed by atoms with Gasteiger partial charge in [0.25, 0.3) is 5.91 Å². The highest BCUT2D eigenvalue weighted by Gasteiger charge is 2.13. The minimum absolute atomic E-state index is 0.0919. The Morgan fingerprint density at radius 1 is 1.13 bits per heavy atom. The monoisotopic (exact) mass is 427 g/mol. The van der Waals surface area contributed by atoms with Gasteiger partial charge in [-0.1, -0.05) is 11.3 Å². The van der Waals surface area contributed by atoms with Crippen LogP contribution in [0.5, 0.6) is 5.75 Å². The van der Waals surface area contributed by atoms with E-state index in [1.165, 1.54) is 25.4 Å². The highest BCUT2D eigenvalue weighted by molar-refractivity contribution is 7.16. The molecule has 8 nitrogen and oxygen atoms in total. The molecule has 0 saturated carbocycles. The average molecular weight is 427 g/mol. The van der Waals surface area contributed by atoms with Crippen molar-refractivity contribution in [3.8, 4) is 5.75 Å². The first-order chi connectivity index (χ1) is 14.4. The molecule has 0 aliphatic rings. The molecule has 2 aromatic carbocycles. The lowest BCUT2D eigenvalue weighted by Gasteiger charge is -2.05. The first-order valence-corrected chi connectivity index (χ1v) is 10.0. The number of methoxy groups -OCH3 is 1. The standard InChI is InChI=1S/C21H21N3O5S/c1-4-29-16-8-5-14(6-9-16)20(27)23-21-24(12-19(26)28-3)17-10-7-15(22-13(2)25)11-18(17)30-21/h5-11H,4,12H2,1-3H3,(H,22,25). The van der Waals surface area contributed by atoms with Gasteiger partial charge in [-0.2, -0.15) is 4.99 Å².